The highest BCUT2D eigenvalue weighted by Crippen LogP contribution is 2.25. The molecule has 11 nitrogen and oxygen atoms in total. The number of carbonyl (C=O) groups is 2. The maximum absolute atomic E-state index is 14.7. The summed E-state index contributed by atoms with van der Waals surface area (Å²) in [6, 6.07) is 9.86. The van der Waals surface area contributed by atoms with Crippen molar-refractivity contribution in [2.24, 2.45) is 4.99 Å². The molecule has 2 aliphatic heterocycles. The fourth-order valence-electron chi connectivity index (χ4n) is 4.31. The van der Waals surface area contributed by atoms with E-state index in [-0.39, 0.29) is 22.2 Å². The number of rotatable bonds is 9. The Labute approximate surface area is 220 Å². The molecule has 2 aromatic rings. The summed E-state index contributed by atoms with van der Waals surface area (Å²) in [7, 11) is -4.11. The van der Waals surface area contributed by atoms with E-state index in [0.29, 0.717) is 13.1 Å². The van der Waals surface area contributed by atoms with Gasteiger partial charge in [0, 0.05) is 44.3 Å². The minimum Gasteiger partial charge on any atom is -0.480 e. The summed E-state index contributed by atoms with van der Waals surface area (Å²) in [5.74, 6) is -1.76. The summed E-state index contributed by atoms with van der Waals surface area (Å²) >= 11 is 0. The SMILES string of the molecule is O=C(NCC(NS(=O)(=O)c1ccccc1)C(=O)O)c1ccc(F)c(N2CCC(NC3=NCCCN3)CC2)c1. The fraction of sp³-hybridized carbons (Fsp3) is 0.400. The van der Waals surface area contributed by atoms with Crippen LogP contribution in [0.4, 0.5) is 10.1 Å². The summed E-state index contributed by atoms with van der Waals surface area (Å²) in [5.41, 5.74) is 0.418. The molecule has 0 bridgehead atoms. The Bertz CT molecular complexity index is 1280. The average molecular weight is 547 g/mol. The van der Waals surface area contributed by atoms with Crippen molar-refractivity contribution in [3.63, 3.8) is 0 Å². The van der Waals surface area contributed by atoms with Crippen LogP contribution < -0.4 is 25.6 Å². The number of carbonyl (C=O) groups excluding carboxylic acids is 1. The molecular weight excluding hydrogens is 515 g/mol. The molecule has 1 saturated heterocycles. The number of sulfonamides is 1. The molecule has 38 heavy (non-hydrogen) atoms. The number of aliphatic imine (C=N–C) groups is 1. The Balaban J connectivity index is 1.35. The fourth-order valence-corrected chi connectivity index (χ4v) is 5.53. The third kappa shape index (κ3) is 6.98. The Hall–Kier alpha value is -3.71. The van der Waals surface area contributed by atoms with Crippen LogP contribution in [-0.2, 0) is 14.8 Å². The number of aliphatic carboxylic acids is 1. The number of benzene rings is 2. The third-order valence-electron chi connectivity index (χ3n) is 6.40. The molecule has 1 fully saturated rings. The van der Waals surface area contributed by atoms with Gasteiger partial charge in [-0.25, -0.2) is 12.8 Å². The van der Waals surface area contributed by atoms with Gasteiger partial charge in [0.2, 0.25) is 10.0 Å². The second-order valence-electron chi connectivity index (χ2n) is 9.12. The first-order valence-electron chi connectivity index (χ1n) is 12.4. The van der Waals surface area contributed by atoms with Gasteiger partial charge in [-0.1, -0.05) is 18.2 Å². The first-order chi connectivity index (χ1) is 18.2. The molecule has 5 N–H and O–H groups in total. The number of amides is 1. The van der Waals surface area contributed by atoms with Crippen LogP contribution in [0.15, 0.2) is 58.4 Å². The lowest BCUT2D eigenvalue weighted by Gasteiger charge is -2.35. The van der Waals surface area contributed by atoms with E-state index in [9.17, 15) is 27.5 Å². The van der Waals surface area contributed by atoms with Gasteiger partial charge in [0.15, 0.2) is 5.96 Å². The van der Waals surface area contributed by atoms with Crippen molar-refractivity contribution in [1.82, 2.24) is 20.7 Å². The Kier molecular flexibility index (Phi) is 8.79. The van der Waals surface area contributed by atoms with E-state index in [1.165, 1.54) is 42.5 Å². The smallest absolute Gasteiger partial charge is 0.323 e. The quantitative estimate of drug-likeness (QED) is 0.311. The lowest BCUT2D eigenvalue weighted by atomic mass is 10.0. The van der Waals surface area contributed by atoms with Gasteiger partial charge in [-0.05, 0) is 49.6 Å². The number of piperidine rings is 1. The summed E-state index contributed by atoms with van der Waals surface area (Å²) in [6.07, 6.45) is 2.53. The number of hydrogen-bond acceptors (Lipinski definition) is 8. The van der Waals surface area contributed by atoms with Gasteiger partial charge in [0.25, 0.3) is 5.91 Å². The zero-order valence-corrected chi connectivity index (χ0v) is 21.5. The number of carboxylic acid groups (broad SMARTS) is 1. The standard InChI is InChI=1S/C25H31FN6O5S/c26-20-8-7-17(15-22(20)32-13-9-18(10-14-32)30-25-27-11-4-12-28-25)23(33)29-16-21(24(34)35)31-38(36,37)19-5-2-1-3-6-19/h1-3,5-8,15,18,21,31H,4,9-14,16H2,(H,29,33)(H,34,35)(H2,27,28,30). The second kappa shape index (κ2) is 12.2. The minimum atomic E-state index is -4.11. The van der Waals surface area contributed by atoms with Gasteiger partial charge in [0.05, 0.1) is 10.6 Å². The number of nitrogens with zero attached hydrogens (tertiary/aromatic N) is 2. The number of carboxylic acids is 1. The monoisotopic (exact) mass is 546 g/mol. The molecule has 13 heteroatoms. The first kappa shape index (κ1) is 27.3. The molecule has 0 spiro atoms. The molecule has 0 aromatic heterocycles. The van der Waals surface area contributed by atoms with Crippen LogP contribution in [-0.4, -0.2) is 76.2 Å². The van der Waals surface area contributed by atoms with Crippen LogP contribution in [0.1, 0.15) is 29.6 Å². The third-order valence-corrected chi connectivity index (χ3v) is 7.89. The Morgan fingerprint density at radius 1 is 1.16 bits per heavy atom. The Morgan fingerprint density at radius 2 is 1.89 bits per heavy atom. The number of guanidine groups is 1. The molecule has 204 valence electrons. The normalized spacial score (nSPS) is 17.2. The van der Waals surface area contributed by atoms with Gasteiger partial charge in [0.1, 0.15) is 11.9 Å². The summed E-state index contributed by atoms with van der Waals surface area (Å²) in [6.45, 7) is 2.34. The van der Waals surface area contributed by atoms with Gasteiger partial charge in [-0.2, -0.15) is 4.72 Å². The summed E-state index contributed by atoms with van der Waals surface area (Å²) < 4.78 is 41.8. The summed E-state index contributed by atoms with van der Waals surface area (Å²) in [4.78, 5) is 30.6. The maximum atomic E-state index is 14.7. The molecule has 1 atom stereocenters. The zero-order valence-electron chi connectivity index (χ0n) is 20.7. The lowest BCUT2D eigenvalue weighted by molar-refractivity contribution is -0.138. The highest BCUT2D eigenvalue weighted by molar-refractivity contribution is 7.89. The number of nitrogens with one attached hydrogen (secondary N) is 4. The van der Waals surface area contributed by atoms with Crippen molar-refractivity contribution in [3.8, 4) is 0 Å². The summed E-state index contributed by atoms with van der Waals surface area (Å²) in [5, 5.41) is 18.6. The molecule has 0 saturated carbocycles. The molecule has 2 aliphatic rings. The number of halogens is 1. The van der Waals surface area contributed by atoms with Crippen LogP contribution in [0.5, 0.6) is 0 Å². The van der Waals surface area contributed by atoms with E-state index in [0.717, 1.165) is 38.3 Å². The van der Waals surface area contributed by atoms with Crippen molar-refractivity contribution in [1.29, 1.82) is 0 Å². The van der Waals surface area contributed by atoms with Gasteiger partial charge < -0.3 is 26.0 Å². The van der Waals surface area contributed by atoms with E-state index in [1.807, 2.05) is 4.90 Å². The predicted molar refractivity (Wildman–Crippen MR) is 140 cm³/mol. The van der Waals surface area contributed by atoms with Crippen LogP contribution in [0.2, 0.25) is 0 Å². The largest absolute Gasteiger partial charge is 0.480 e. The van der Waals surface area contributed by atoms with E-state index in [2.05, 4.69) is 25.7 Å². The second-order valence-corrected chi connectivity index (χ2v) is 10.8. The predicted octanol–water partition coefficient (Wildman–Crippen LogP) is 0.895. The van der Waals surface area contributed by atoms with Gasteiger partial charge in [-0.3, -0.25) is 14.6 Å². The average Bonchev–Trinajstić information content (AvgIpc) is 2.92. The minimum absolute atomic E-state index is 0.0947. The molecule has 0 radical (unpaired) electrons. The van der Waals surface area contributed by atoms with Gasteiger partial charge >= 0.3 is 5.97 Å². The van der Waals surface area contributed by atoms with E-state index >= 15 is 0 Å². The highest BCUT2D eigenvalue weighted by atomic mass is 32.2. The van der Waals surface area contributed by atoms with Crippen molar-refractivity contribution >= 4 is 33.5 Å². The molecule has 1 unspecified atom stereocenters. The van der Waals surface area contributed by atoms with E-state index < -0.39 is 40.3 Å². The van der Waals surface area contributed by atoms with Gasteiger partial charge in [-0.15, -0.1) is 0 Å². The topological polar surface area (TPSA) is 152 Å². The highest BCUT2D eigenvalue weighted by Gasteiger charge is 2.27. The lowest BCUT2D eigenvalue weighted by Crippen LogP contribution is -2.50. The van der Waals surface area contributed by atoms with Crippen LogP contribution in [0.25, 0.3) is 0 Å². The van der Waals surface area contributed by atoms with Crippen LogP contribution in [0, 0.1) is 5.82 Å². The molecule has 0 aliphatic carbocycles. The van der Waals surface area contributed by atoms with E-state index in [1.54, 1.807) is 6.07 Å². The number of anilines is 1. The van der Waals surface area contributed by atoms with Crippen molar-refractivity contribution in [2.75, 3.05) is 37.6 Å². The molecular formula is C25H31FN6O5S. The molecule has 1 amide bonds. The van der Waals surface area contributed by atoms with E-state index in [4.69, 9.17) is 0 Å². The first-order valence-corrected chi connectivity index (χ1v) is 13.9. The maximum Gasteiger partial charge on any atom is 0.323 e. The van der Waals surface area contributed by atoms with Crippen molar-refractivity contribution in [3.05, 3.63) is 59.9 Å². The van der Waals surface area contributed by atoms with Crippen molar-refractivity contribution < 1.29 is 27.5 Å². The molecule has 4 rings (SSSR count). The number of hydrogen-bond donors (Lipinski definition) is 5. The zero-order chi connectivity index (χ0) is 27.1. The Morgan fingerprint density at radius 3 is 2.55 bits per heavy atom. The van der Waals surface area contributed by atoms with Crippen molar-refractivity contribution in [2.45, 2.75) is 36.2 Å². The molecule has 2 aromatic carbocycles. The van der Waals surface area contributed by atoms with Crippen LogP contribution in [0.3, 0.4) is 0 Å². The van der Waals surface area contributed by atoms with Crippen LogP contribution >= 0.6 is 0 Å². The molecule has 2 heterocycles.